The van der Waals surface area contributed by atoms with Gasteiger partial charge in [0.1, 0.15) is 6.04 Å². The van der Waals surface area contributed by atoms with Crippen LogP contribution in [-0.2, 0) is 4.79 Å². The van der Waals surface area contributed by atoms with Gasteiger partial charge in [0.2, 0.25) is 5.91 Å². The van der Waals surface area contributed by atoms with Crippen molar-refractivity contribution in [2.24, 2.45) is 5.92 Å². The first-order valence-electron chi connectivity index (χ1n) is 5.68. The van der Waals surface area contributed by atoms with Crippen molar-refractivity contribution >= 4 is 5.91 Å². The standard InChI is InChI=1S/C11H18F3NO/c1-8(2)7-10(16)15-6-4-3-5-9(15)11(12,13)14/h8-9H,3-7H2,1-2H3. The molecule has 16 heavy (non-hydrogen) atoms. The summed E-state index contributed by atoms with van der Waals surface area (Å²) in [6, 6.07) is -1.56. The summed E-state index contributed by atoms with van der Waals surface area (Å²) in [4.78, 5) is 12.7. The maximum Gasteiger partial charge on any atom is 0.408 e. The van der Waals surface area contributed by atoms with Crippen molar-refractivity contribution in [3.8, 4) is 0 Å². The molecule has 2 nitrogen and oxygen atoms in total. The molecule has 0 saturated carbocycles. The third-order valence-corrected chi connectivity index (χ3v) is 2.78. The summed E-state index contributed by atoms with van der Waals surface area (Å²) < 4.78 is 38.1. The third kappa shape index (κ3) is 3.39. The average Bonchev–Trinajstić information content (AvgIpc) is 2.15. The minimum Gasteiger partial charge on any atom is -0.331 e. The molecule has 0 bridgehead atoms. The van der Waals surface area contributed by atoms with Crippen LogP contribution in [0, 0.1) is 5.92 Å². The molecule has 0 spiro atoms. The lowest BCUT2D eigenvalue weighted by Crippen LogP contribution is -2.51. The molecule has 0 aromatic rings. The summed E-state index contributed by atoms with van der Waals surface area (Å²) in [5.74, 6) is -0.264. The smallest absolute Gasteiger partial charge is 0.331 e. The predicted octanol–water partition coefficient (Wildman–Crippen LogP) is 2.98. The van der Waals surface area contributed by atoms with Gasteiger partial charge in [-0.25, -0.2) is 0 Å². The monoisotopic (exact) mass is 237 g/mol. The Morgan fingerprint density at radius 2 is 2.00 bits per heavy atom. The molecular formula is C11H18F3NO. The molecule has 0 radical (unpaired) electrons. The molecule has 0 aromatic carbocycles. The summed E-state index contributed by atoms with van der Waals surface area (Å²) in [6.07, 6.45) is -2.81. The maximum absolute atomic E-state index is 12.7. The SMILES string of the molecule is CC(C)CC(=O)N1CCCCC1C(F)(F)F. The van der Waals surface area contributed by atoms with Crippen molar-refractivity contribution in [3.63, 3.8) is 0 Å². The van der Waals surface area contributed by atoms with Crippen LogP contribution in [0.15, 0.2) is 0 Å². The fourth-order valence-electron chi connectivity index (χ4n) is 2.04. The highest BCUT2D eigenvalue weighted by Gasteiger charge is 2.45. The van der Waals surface area contributed by atoms with E-state index in [1.165, 1.54) is 0 Å². The number of alkyl halides is 3. The highest BCUT2D eigenvalue weighted by Crippen LogP contribution is 2.32. The lowest BCUT2D eigenvalue weighted by Gasteiger charge is -2.37. The fraction of sp³-hybridized carbons (Fsp3) is 0.909. The molecule has 1 aliphatic heterocycles. The van der Waals surface area contributed by atoms with Crippen molar-refractivity contribution in [3.05, 3.63) is 0 Å². The molecule has 1 rings (SSSR count). The van der Waals surface area contributed by atoms with E-state index in [1.54, 1.807) is 0 Å². The Hall–Kier alpha value is -0.740. The number of likely N-dealkylation sites (tertiary alicyclic amines) is 1. The van der Waals surface area contributed by atoms with Crippen molar-refractivity contribution in [2.75, 3.05) is 6.54 Å². The Bertz CT molecular complexity index is 250. The van der Waals surface area contributed by atoms with Crippen molar-refractivity contribution in [1.82, 2.24) is 4.90 Å². The molecule has 0 aromatic heterocycles. The van der Waals surface area contributed by atoms with Crippen LogP contribution in [0.25, 0.3) is 0 Å². The number of hydrogen-bond donors (Lipinski definition) is 0. The van der Waals surface area contributed by atoms with Gasteiger partial charge in [-0.1, -0.05) is 13.8 Å². The maximum atomic E-state index is 12.7. The van der Waals surface area contributed by atoms with E-state index in [1.807, 2.05) is 13.8 Å². The van der Waals surface area contributed by atoms with Crippen LogP contribution >= 0.6 is 0 Å². The number of rotatable bonds is 2. The van der Waals surface area contributed by atoms with Crippen LogP contribution in [0.2, 0.25) is 0 Å². The van der Waals surface area contributed by atoms with Crippen LogP contribution in [0.1, 0.15) is 39.5 Å². The minimum atomic E-state index is -4.28. The van der Waals surface area contributed by atoms with Gasteiger partial charge >= 0.3 is 6.18 Å². The number of carbonyl (C=O) groups is 1. The number of amides is 1. The summed E-state index contributed by atoms with van der Waals surface area (Å²) in [7, 11) is 0. The molecule has 5 heteroatoms. The second kappa shape index (κ2) is 5.06. The molecule has 1 heterocycles. The molecule has 1 amide bonds. The minimum absolute atomic E-state index is 0.0489. The molecule has 1 fully saturated rings. The van der Waals surface area contributed by atoms with E-state index in [0.717, 1.165) is 4.90 Å². The Kier molecular flexibility index (Phi) is 4.21. The molecule has 1 aliphatic rings. The first-order valence-corrected chi connectivity index (χ1v) is 5.68. The van der Waals surface area contributed by atoms with Crippen molar-refractivity contribution in [1.29, 1.82) is 0 Å². The zero-order valence-electron chi connectivity index (χ0n) is 9.68. The quantitative estimate of drug-likeness (QED) is 0.723. The topological polar surface area (TPSA) is 20.3 Å². The molecule has 1 saturated heterocycles. The molecule has 0 aliphatic carbocycles. The first-order chi connectivity index (χ1) is 7.32. The Morgan fingerprint density at radius 3 is 2.50 bits per heavy atom. The number of piperidine rings is 1. The number of nitrogens with zero attached hydrogens (tertiary/aromatic N) is 1. The van der Waals surface area contributed by atoms with E-state index < -0.39 is 12.2 Å². The first kappa shape index (κ1) is 13.3. The van der Waals surface area contributed by atoms with Gasteiger partial charge in [-0.3, -0.25) is 4.79 Å². The van der Waals surface area contributed by atoms with E-state index in [9.17, 15) is 18.0 Å². The van der Waals surface area contributed by atoms with E-state index in [2.05, 4.69) is 0 Å². The van der Waals surface area contributed by atoms with Gasteiger partial charge in [0.15, 0.2) is 0 Å². The largest absolute Gasteiger partial charge is 0.408 e. The van der Waals surface area contributed by atoms with Crippen molar-refractivity contribution in [2.45, 2.75) is 51.7 Å². The van der Waals surface area contributed by atoms with E-state index in [0.29, 0.717) is 12.8 Å². The zero-order chi connectivity index (χ0) is 12.3. The molecule has 1 atom stereocenters. The van der Waals surface area contributed by atoms with Gasteiger partial charge < -0.3 is 4.90 Å². The van der Waals surface area contributed by atoms with E-state index in [4.69, 9.17) is 0 Å². The normalized spacial score (nSPS) is 22.6. The molecule has 94 valence electrons. The van der Waals surface area contributed by atoms with Crippen LogP contribution in [-0.4, -0.2) is 29.6 Å². The number of halogens is 3. The second-order valence-corrected chi connectivity index (χ2v) is 4.74. The third-order valence-electron chi connectivity index (χ3n) is 2.78. The van der Waals surface area contributed by atoms with Crippen LogP contribution < -0.4 is 0 Å². The molecule has 1 unspecified atom stereocenters. The zero-order valence-corrected chi connectivity index (χ0v) is 9.68. The Labute approximate surface area is 93.8 Å². The van der Waals surface area contributed by atoms with Gasteiger partial charge in [0.25, 0.3) is 0 Å². The Balaban J connectivity index is 2.70. The predicted molar refractivity (Wildman–Crippen MR) is 54.9 cm³/mol. The summed E-state index contributed by atoms with van der Waals surface area (Å²) in [6.45, 7) is 3.92. The van der Waals surface area contributed by atoms with Gasteiger partial charge in [-0.15, -0.1) is 0 Å². The van der Waals surface area contributed by atoms with E-state index >= 15 is 0 Å². The molecule has 0 N–H and O–H groups in total. The fourth-order valence-corrected chi connectivity index (χ4v) is 2.04. The lowest BCUT2D eigenvalue weighted by molar-refractivity contribution is -0.196. The number of carbonyl (C=O) groups excluding carboxylic acids is 1. The van der Waals surface area contributed by atoms with Gasteiger partial charge in [-0.05, 0) is 25.2 Å². The lowest BCUT2D eigenvalue weighted by atomic mass is 10.00. The second-order valence-electron chi connectivity index (χ2n) is 4.74. The highest BCUT2D eigenvalue weighted by atomic mass is 19.4. The number of hydrogen-bond acceptors (Lipinski definition) is 1. The van der Waals surface area contributed by atoms with Crippen molar-refractivity contribution < 1.29 is 18.0 Å². The van der Waals surface area contributed by atoms with Gasteiger partial charge in [0.05, 0.1) is 0 Å². The van der Waals surface area contributed by atoms with Crippen LogP contribution in [0.3, 0.4) is 0 Å². The van der Waals surface area contributed by atoms with E-state index in [-0.39, 0.29) is 31.2 Å². The highest BCUT2D eigenvalue weighted by molar-refractivity contribution is 5.76. The Morgan fingerprint density at radius 1 is 1.38 bits per heavy atom. The molecular weight excluding hydrogens is 219 g/mol. The summed E-state index contributed by atoms with van der Waals surface area (Å²) in [5, 5.41) is 0. The van der Waals surface area contributed by atoms with Gasteiger partial charge in [-0.2, -0.15) is 13.2 Å². The van der Waals surface area contributed by atoms with Crippen LogP contribution in [0.4, 0.5) is 13.2 Å². The average molecular weight is 237 g/mol. The summed E-state index contributed by atoms with van der Waals surface area (Å²) >= 11 is 0. The van der Waals surface area contributed by atoms with Crippen LogP contribution in [0.5, 0.6) is 0 Å². The van der Waals surface area contributed by atoms with Gasteiger partial charge in [0, 0.05) is 13.0 Å². The summed E-state index contributed by atoms with van der Waals surface area (Å²) in [5.41, 5.74) is 0.